The highest BCUT2D eigenvalue weighted by atomic mass is 79.9. The van der Waals surface area contributed by atoms with Crippen LogP contribution in [-0.4, -0.2) is 9.91 Å². The minimum atomic E-state index is -0.861. The second kappa shape index (κ2) is 2.91. The lowest BCUT2D eigenvalue weighted by Gasteiger charge is -1.92. The first-order valence-corrected chi connectivity index (χ1v) is 3.37. The van der Waals surface area contributed by atoms with Crippen molar-refractivity contribution in [2.24, 2.45) is 0 Å². The number of hydrogen-bond acceptors (Lipinski definition) is 3. The Morgan fingerprint density at radius 2 is 2.27 bits per heavy atom. The normalized spacial score (nSPS) is 9.64. The van der Waals surface area contributed by atoms with Gasteiger partial charge < -0.3 is 10.1 Å². The van der Waals surface area contributed by atoms with Gasteiger partial charge in [-0.25, -0.2) is 0 Å². The maximum atomic E-state index is 12.3. The van der Waals surface area contributed by atoms with Gasteiger partial charge in [0.1, 0.15) is 4.47 Å². The first-order chi connectivity index (χ1) is 5.11. The quantitative estimate of drug-likeness (QED) is 0.413. The first-order valence-electron chi connectivity index (χ1n) is 2.57. The number of nitro groups is 1. The number of nitrogens with zero attached hydrogens (tertiary/aromatic N) is 2. The molecule has 1 aromatic rings. The lowest BCUT2D eigenvalue weighted by atomic mass is 10.5. The highest BCUT2D eigenvalue weighted by Gasteiger charge is 2.14. The molecule has 1 rings (SSSR count). The molecule has 1 heterocycles. The zero-order chi connectivity index (χ0) is 8.43. The molecule has 0 N–H and O–H groups in total. The molecule has 0 aliphatic rings. The third-order valence-corrected chi connectivity index (χ3v) is 1.59. The van der Waals surface area contributed by atoms with Gasteiger partial charge in [-0.15, -0.1) is 0 Å². The van der Waals surface area contributed by atoms with Gasteiger partial charge in [0.25, 0.3) is 0 Å². The Kier molecular flexibility index (Phi) is 2.13. The molecule has 0 atom stereocenters. The standard InChI is InChI=1S/C5H2BrFN2O2/c6-3-1-2-4(7)8-5(3)9(10)11/h1-2H. The van der Waals surface area contributed by atoms with Crippen LogP contribution in [0.1, 0.15) is 0 Å². The molecule has 4 nitrogen and oxygen atoms in total. The zero-order valence-electron chi connectivity index (χ0n) is 5.12. The summed E-state index contributed by atoms with van der Waals surface area (Å²) in [5.41, 5.74) is 0. The van der Waals surface area contributed by atoms with Gasteiger partial charge in [-0.05, 0) is 31.9 Å². The number of pyridine rings is 1. The molecule has 0 amide bonds. The van der Waals surface area contributed by atoms with E-state index < -0.39 is 16.7 Å². The van der Waals surface area contributed by atoms with E-state index in [4.69, 9.17) is 0 Å². The fourth-order valence-corrected chi connectivity index (χ4v) is 0.902. The minimum Gasteiger partial charge on any atom is -0.358 e. The first kappa shape index (κ1) is 8.06. The van der Waals surface area contributed by atoms with Crippen molar-refractivity contribution in [2.75, 3.05) is 0 Å². The monoisotopic (exact) mass is 220 g/mol. The Hall–Kier alpha value is -1.04. The largest absolute Gasteiger partial charge is 0.381 e. The molecule has 11 heavy (non-hydrogen) atoms. The predicted octanol–water partition coefficient (Wildman–Crippen LogP) is 1.89. The van der Waals surface area contributed by atoms with Crippen LogP contribution in [0, 0.1) is 16.1 Å². The van der Waals surface area contributed by atoms with Gasteiger partial charge in [0.05, 0.1) is 0 Å². The fourth-order valence-electron chi connectivity index (χ4n) is 0.536. The molecule has 58 valence electrons. The number of aromatic nitrogens is 1. The van der Waals surface area contributed by atoms with E-state index in [1.54, 1.807) is 0 Å². The van der Waals surface area contributed by atoms with E-state index in [1.807, 2.05) is 0 Å². The molecule has 0 saturated heterocycles. The van der Waals surface area contributed by atoms with Crippen LogP contribution < -0.4 is 0 Å². The van der Waals surface area contributed by atoms with Crippen molar-refractivity contribution in [3.63, 3.8) is 0 Å². The third kappa shape index (κ3) is 1.70. The molecular weight excluding hydrogens is 219 g/mol. The van der Waals surface area contributed by atoms with Crippen LogP contribution in [0.25, 0.3) is 0 Å². The summed E-state index contributed by atoms with van der Waals surface area (Å²) in [7, 11) is 0. The number of halogens is 2. The average Bonchev–Trinajstić information content (AvgIpc) is 1.94. The van der Waals surface area contributed by atoms with Crippen molar-refractivity contribution >= 4 is 21.7 Å². The van der Waals surface area contributed by atoms with Crippen LogP contribution in [0.2, 0.25) is 0 Å². The molecule has 6 heteroatoms. The molecule has 1 aromatic heterocycles. The number of rotatable bonds is 1. The molecule has 0 aliphatic carbocycles. The summed E-state index contributed by atoms with van der Waals surface area (Å²) >= 11 is 2.86. The molecule has 0 radical (unpaired) electrons. The van der Waals surface area contributed by atoms with Gasteiger partial charge in [-0.1, -0.05) is 0 Å². The summed E-state index contributed by atoms with van der Waals surface area (Å²) in [5, 5.41) is 10.1. The highest BCUT2D eigenvalue weighted by Crippen LogP contribution is 2.21. The van der Waals surface area contributed by atoms with Crippen molar-refractivity contribution < 1.29 is 9.31 Å². The Labute approximate surface area is 69.3 Å². The van der Waals surface area contributed by atoms with Crippen molar-refractivity contribution in [2.45, 2.75) is 0 Å². The van der Waals surface area contributed by atoms with Crippen LogP contribution in [0.5, 0.6) is 0 Å². The van der Waals surface area contributed by atoms with E-state index in [0.717, 1.165) is 6.07 Å². The lowest BCUT2D eigenvalue weighted by molar-refractivity contribution is -0.390. The molecule has 0 unspecified atom stereocenters. The number of hydrogen-bond donors (Lipinski definition) is 0. The molecule has 0 fully saturated rings. The zero-order valence-corrected chi connectivity index (χ0v) is 6.71. The van der Waals surface area contributed by atoms with Crippen LogP contribution in [0.4, 0.5) is 10.2 Å². The molecule has 0 aliphatic heterocycles. The Morgan fingerprint density at radius 3 is 2.73 bits per heavy atom. The molecular formula is C5H2BrFN2O2. The van der Waals surface area contributed by atoms with E-state index in [1.165, 1.54) is 6.07 Å². The second-order valence-corrected chi connectivity index (χ2v) is 2.55. The molecule has 0 spiro atoms. The van der Waals surface area contributed by atoms with Gasteiger partial charge in [0, 0.05) is 6.07 Å². The van der Waals surface area contributed by atoms with Gasteiger partial charge in [0.15, 0.2) is 0 Å². The molecule has 0 bridgehead atoms. The van der Waals surface area contributed by atoms with E-state index in [0.29, 0.717) is 0 Å². The van der Waals surface area contributed by atoms with Crippen LogP contribution in [-0.2, 0) is 0 Å². The van der Waals surface area contributed by atoms with Crippen LogP contribution in [0.3, 0.4) is 0 Å². The maximum absolute atomic E-state index is 12.3. The smallest absolute Gasteiger partial charge is 0.358 e. The molecule has 0 saturated carbocycles. The van der Waals surface area contributed by atoms with Gasteiger partial charge >= 0.3 is 11.8 Å². The van der Waals surface area contributed by atoms with Gasteiger partial charge in [-0.2, -0.15) is 4.39 Å². The summed E-state index contributed by atoms with van der Waals surface area (Å²) in [4.78, 5) is 12.4. The second-order valence-electron chi connectivity index (χ2n) is 1.70. The van der Waals surface area contributed by atoms with Crippen molar-refractivity contribution in [3.05, 3.63) is 32.7 Å². The maximum Gasteiger partial charge on any atom is 0.381 e. The van der Waals surface area contributed by atoms with Gasteiger partial charge in [-0.3, -0.25) is 0 Å². The van der Waals surface area contributed by atoms with Gasteiger partial charge in [0.2, 0.25) is 0 Å². The lowest BCUT2D eigenvalue weighted by Crippen LogP contribution is -1.94. The minimum absolute atomic E-state index is 0.170. The highest BCUT2D eigenvalue weighted by molar-refractivity contribution is 9.10. The Morgan fingerprint density at radius 1 is 1.64 bits per heavy atom. The summed E-state index contributed by atoms with van der Waals surface area (Å²) in [6, 6.07) is 2.28. The summed E-state index contributed by atoms with van der Waals surface area (Å²) < 4.78 is 12.4. The van der Waals surface area contributed by atoms with E-state index in [2.05, 4.69) is 20.9 Å². The van der Waals surface area contributed by atoms with Crippen molar-refractivity contribution in [3.8, 4) is 0 Å². The third-order valence-electron chi connectivity index (χ3n) is 0.966. The fraction of sp³-hybridized carbons (Fsp3) is 0. The summed E-state index contributed by atoms with van der Waals surface area (Å²) in [5.74, 6) is -1.37. The summed E-state index contributed by atoms with van der Waals surface area (Å²) in [6.07, 6.45) is 0. The predicted molar refractivity (Wildman–Crippen MR) is 38.5 cm³/mol. The topological polar surface area (TPSA) is 56.0 Å². The van der Waals surface area contributed by atoms with Crippen LogP contribution in [0.15, 0.2) is 16.6 Å². The SMILES string of the molecule is O=[N+]([O-])c1nc(F)ccc1Br. The Balaban J connectivity index is 3.23. The van der Waals surface area contributed by atoms with E-state index >= 15 is 0 Å². The summed E-state index contributed by atoms with van der Waals surface area (Å²) in [6.45, 7) is 0. The van der Waals surface area contributed by atoms with Crippen LogP contribution >= 0.6 is 15.9 Å². The Bertz CT molecular complexity index is 305. The van der Waals surface area contributed by atoms with E-state index in [9.17, 15) is 14.5 Å². The van der Waals surface area contributed by atoms with Crippen molar-refractivity contribution in [1.82, 2.24) is 4.98 Å². The van der Waals surface area contributed by atoms with Crippen molar-refractivity contribution in [1.29, 1.82) is 0 Å². The van der Waals surface area contributed by atoms with E-state index in [-0.39, 0.29) is 4.47 Å². The molecule has 0 aromatic carbocycles. The average molecular weight is 221 g/mol.